The highest BCUT2D eigenvalue weighted by Gasteiger charge is 2.08. The van der Waals surface area contributed by atoms with Crippen molar-refractivity contribution in [1.82, 2.24) is 4.90 Å². The monoisotopic (exact) mass is 259 g/mol. The molecule has 2 nitrogen and oxygen atoms in total. The molecule has 0 unspecified atom stereocenters. The van der Waals surface area contributed by atoms with Gasteiger partial charge in [0.05, 0.1) is 0 Å². The maximum atomic E-state index is 8.66. The fourth-order valence-electron chi connectivity index (χ4n) is 2.33. The Morgan fingerprint density at radius 3 is 1.88 bits per heavy atom. The van der Waals surface area contributed by atoms with Crippen molar-refractivity contribution in [2.24, 2.45) is 0 Å². The third-order valence-corrected chi connectivity index (χ3v) is 4.43. The van der Waals surface area contributed by atoms with Gasteiger partial charge >= 0.3 is 0 Å². The van der Waals surface area contributed by atoms with E-state index in [2.05, 4.69) is 16.7 Å². The summed E-state index contributed by atoms with van der Waals surface area (Å²) < 4.78 is 0. The van der Waals surface area contributed by atoms with Crippen LogP contribution in [0.25, 0.3) is 0 Å². The zero-order valence-corrected chi connectivity index (χ0v) is 12.0. The molecule has 0 aliphatic carbocycles. The van der Waals surface area contributed by atoms with E-state index in [9.17, 15) is 0 Å². The lowest BCUT2D eigenvalue weighted by molar-refractivity contribution is 0.282. The van der Waals surface area contributed by atoms with Gasteiger partial charge in [-0.15, -0.1) is 0 Å². The second kappa shape index (κ2) is 11.4. The molecule has 1 aliphatic heterocycles. The summed E-state index contributed by atoms with van der Waals surface area (Å²) in [7, 11) is 0. The highest BCUT2D eigenvalue weighted by molar-refractivity contribution is 7.99. The van der Waals surface area contributed by atoms with E-state index < -0.39 is 0 Å². The van der Waals surface area contributed by atoms with E-state index in [0.29, 0.717) is 6.61 Å². The molecule has 1 rings (SSSR count). The smallest absolute Gasteiger partial charge is 0.0431 e. The van der Waals surface area contributed by atoms with Crippen molar-refractivity contribution in [3.63, 3.8) is 0 Å². The molecule has 17 heavy (non-hydrogen) atoms. The van der Waals surface area contributed by atoms with Gasteiger partial charge in [0, 0.05) is 31.2 Å². The predicted octanol–water partition coefficient (Wildman–Crippen LogP) is 3.15. The molecule has 0 atom stereocenters. The Balaban J connectivity index is 1.75. The second-order valence-electron chi connectivity index (χ2n) is 5.01. The maximum absolute atomic E-state index is 8.66. The van der Waals surface area contributed by atoms with Gasteiger partial charge in [-0.25, -0.2) is 0 Å². The molecule has 0 saturated carbocycles. The standard InChI is InChI=1S/C14H29NOS/c16-12-8-6-4-2-1-3-5-7-9-15-10-13-17-14-11-15/h16H,1-14H2. The van der Waals surface area contributed by atoms with Gasteiger partial charge in [-0.2, -0.15) is 11.8 Å². The van der Waals surface area contributed by atoms with E-state index >= 15 is 0 Å². The van der Waals surface area contributed by atoms with Crippen molar-refractivity contribution >= 4 is 11.8 Å². The van der Waals surface area contributed by atoms with Crippen molar-refractivity contribution in [3.05, 3.63) is 0 Å². The third-order valence-electron chi connectivity index (χ3n) is 3.49. The topological polar surface area (TPSA) is 23.5 Å². The van der Waals surface area contributed by atoms with Crippen LogP contribution in [0, 0.1) is 0 Å². The van der Waals surface area contributed by atoms with Gasteiger partial charge in [0.25, 0.3) is 0 Å². The Bertz CT molecular complexity index is 160. The normalized spacial score (nSPS) is 17.5. The van der Waals surface area contributed by atoms with E-state index in [1.165, 1.54) is 76.1 Å². The van der Waals surface area contributed by atoms with Gasteiger partial charge in [-0.1, -0.05) is 38.5 Å². The first kappa shape index (κ1) is 15.3. The molecule has 1 fully saturated rings. The summed E-state index contributed by atoms with van der Waals surface area (Å²) in [5.74, 6) is 2.68. The van der Waals surface area contributed by atoms with Crippen molar-refractivity contribution in [1.29, 1.82) is 0 Å². The zero-order valence-electron chi connectivity index (χ0n) is 11.2. The van der Waals surface area contributed by atoms with Crippen LogP contribution in [0.4, 0.5) is 0 Å². The molecule has 1 N–H and O–H groups in total. The van der Waals surface area contributed by atoms with E-state index in [1.54, 1.807) is 0 Å². The van der Waals surface area contributed by atoms with Crippen LogP contribution >= 0.6 is 11.8 Å². The lowest BCUT2D eigenvalue weighted by Crippen LogP contribution is -2.33. The van der Waals surface area contributed by atoms with Crippen molar-refractivity contribution < 1.29 is 5.11 Å². The number of hydrogen-bond acceptors (Lipinski definition) is 3. The fourth-order valence-corrected chi connectivity index (χ4v) is 3.31. The average Bonchev–Trinajstić information content (AvgIpc) is 2.38. The van der Waals surface area contributed by atoms with Gasteiger partial charge in [-0.05, 0) is 19.4 Å². The minimum atomic E-state index is 0.369. The maximum Gasteiger partial charge on any atom is 0.0431 e. The SMILES string of the molecule is OCCCCCCCCCCN1CCSCC1. The number of thioether (sulfide) groups is 1. The first-order valence-corrected chi connectivity index (χ1v) is 8.50. The van der Waals surface area contributed by atoms with Gasteiger partial charge in [-0.3, -0.25) is 0 Å². The van der Waals surface area contributed by atoms with Gasteiger partial charge in [0.1, 0.15) is 0 Å². The van der Waals surface area contributed by atoms with Crippen LogP contribution in [0.1, 0.15) is 51.4 Å². The van der Waals surface area contributed by atoms with Crippen molar-refractivity contribution in [2.45, 2.75) is 51.4 Å². The second-order valence-corrected chi connectivity index (χ2v) is 6.23. The number of nitrogens with zero attached hydrogens (tertiary/aromatic N) is 1. The third kappa shape index (κ3) is 8.92. The molecule has 0 radical (unpaired) electrons. The molecular weight excluding hydrogens is 230 g/mol. The highest BCUT2D eigenvalue weighted by atomic mass is 32.2. The van der Waals surface area contributed by atoms with E-state index in [1.807, 2.05) is 0 Å². The largest absolute Gasteiger partial charge is 0.396 e. The lowest BCUT2D eigenvalue weighted by atomic mass is 10.1. The Morgan fingerprint density at radius 2 is 1.29 bits per heavy atom. The lowest BCUT2D eigenvalue weighted by Gasteiger charge is -2.25. The van der Waals surface area contributed by atoms with Gasteiger partial charge in [0.15, 0.2) is 0 Å². The Labute approximate surface area is 111 Å². The summed E-state index contributed by atoms with van der Waals surface area (Å²) in [4.78, 5) is 2.62. The van der Waals surface area contributed by atoms with Crippen LogP contribution in [0.5, 0.6) is 0 Å². The van der Waals surface area contributed by atoms with Crippen LogP contribution in [0.15, 0.2) is 0 Å². The molecule has 1 aliphatic rings. The minimum absolute atomic E-state index is 0.369. The van der Waals surface area contributed by atoms with E-state index in [-0.39, 0.29) is 0 Å². The molecule has 3 heteroatoms. The summed E-state index contributed by atoms with van der Waals surface area (Å²) in [5, 5.41) is 8.66. The van der Waals surface area contributed by atoms with Crippen LogP contribution in [-0.2, 0) is 0 Å². The molecule has 0 aromatic heterocycles. The molecular formula is C14H29NOS. The number of rotatable bonds is 10. The van der Waals surface area contributed by atoms with Crippen LogP contribution in [-0.4, -0.2) is 47.8 Å². The van der Waals surface area contributed by atoms with Crippen molar-refractivity contribution in [2.75, 3.05) is 37.7 Å². The minimum Gasteiger partial charge on any atom is -0.396 e. The highest BCUT2D eigenvalue weighted by Crippen LogP contribution is 2.12. The summed E-state index contributed by atoms with van der Waals surface area (Å²) in [5.41, 5.74) is 0. The molecule has 1 heterocycles. The first-order chi connectivity index (χ1) is 8.43. The van der Waals surface area contributed by atoms with Gasteiger partial charge < -0.3 is 10.0 Å². The van der Waals surface area contributed by atoms with E-state index in [0.717, 1.165) is 6.42 Å². The van der Waals surface area contributed by atoms with Gasteiger partial charge in [0.2, 0.25) is 0 Å². The number of aliphatic hydroxyl groups is 1. The summed E-state index contributed by atoms with van der Waals surface area (Å²) in [6.45, 7) is 4.32. The number of aliphatic hydroxyl groups excluding tert-OH is 1. The molecule has 0 spiro atoms. The molecule has 0 aromatic rings. The van der Waals surface area contributed by atoms with Crippen LogP contribution < -0.4 is 0 Å². The predicted molar refractivity (Wildman–Crippen MR) is 77.8 cm³/mol. The Morgan fingerprint density at radius 1 is 0.765 bits per heavy atom. The van der Waals surface area contributed by atoms with Crippen LogP contribution in [0.3, 0.4) is 0 Å². The fraction of sp³-hybridized carbons (Fsp3) is 1.00. The summed E-state index contributed by atoms with van der Waals surface area (Å²) in [6.07, 6.45) is 10.5. The molecule has 0 aromatic carbocycles. The Kier molecular flexibility index (Phi) is 10.2. The molecule has 1 saturated heterocycles. The summed E-state index contributed by atoms with van der Waals surface area (Å²) in [6, 6.07) is 0. The molecule has 0 amide bonds. The Hall–Kier alpha value is 0.270. The average molecular weight is 259 g/mol. The van der Waals surface area contributed by atoms with E-state index in [4.69, 9.17) is 5.11 Å². The number of hydrogen-bond donors (Lipinski definition) is 1. The molecule has 102 valence electrons. The van der Waals surface area contributed by atoms with Crippen LogP contribution in [0.2, 0.25) is 0 Å². The first-order valence-electron chi connectivity index (χ1n) is 7.34. The number of unbranched alkanes of at least 4 members (excludes halogenated alkanes) is 7. The molecule has 0 bridgehead atoms. The quantitative estimate of drug-likeness (QED) is 0.610. The van der Waals surface area contributed by atoms with Crippen molar-refractivity contribution in [3.8, 4) is 0 Å². The summed E-state index contributed by atoms with van der Waals surface area (Å²) >= 11 is 2.10. The zero-order chi connectivity index (χ0) is 12.2.